The van der Waals surface area contributed by atoms with Gasteiger partial charge in [-0.1, -0.05) is 17.7 Å². The summed E-state index contributed by atoms with van der Waals surface area (Å²) in [5.74, 6) is 2.99. The Bertz CT molecular complexity index is 493. The van der Waals surface area contributed by atoms with Gasteiger partial charge in [0.15, 0.2) is 0 Å². The summed E-state index contributed by atoms with van der Waals surface area (Å²) in [5.41, 5.74) is 1.85. The predicted molar refractivity (Wildman–Crippen MR) is 61.8 cm³/mol. The van der Waals surface area contributed by atoms with Crippen LogP contribution in [0.15, 0.2) is 36.9 Å². The summed E-state index contributed by atoms with van der Waals surface area (Å²) in [7, 11) is 0. The van der Waals surface area contributed by atoms with E-state index in [9.17, 15) is 0 Å². The molecular weight excluding hydrogens is 206 g/mol. The highest BCUT2D eigenvalue weighted by Crippen LogP contribution is 2.05. The van der Waals surface area contributed by atoms with E-state index in [1.165, 1.54) is 11.8 Å². The van der Waals surface area contributed by atoms with Crippen LogP contribution in [0.5, 0.6) is 0 Å². The minimum absolute atomic E-state index is 0.910. The zero-order valence-electron chi connectivity index (χ0n) is 8.21. The molecule has 74 valence electrons. The Morgan fingerprint density at radius 3 is 3.07 bits per heavy atom. The lowest BCUT2D eigenvalue weighted by molar-refractivity contribution is 0.874. The van der Waals surface area contributed by atoms with Crippen molar-refractivity contribution < 1.29 is 0 Å². The number of thioether (sulfide) groups is 1. The molecule has 0 fully saturated rings. The molecule has 0 aliphatic heterocycles. The summed E-state index contributed by atoms with van der Waals surface area (Å²) < 4.78 is 1.76. The highest BCUT2D eigenvalue weighted by atomic mass is 32.2. The first-order valence-electron chi connectivity index (χ1n) is 4.39. The number of aromatic nitrogens is 3. The van der Waals surface area contributed by atoms with E-state index in [4.69, 9.17) is 0 Å². The van der Waals surface area contributed by atoms with Crippen LogP contribution in [0.2, 0.25) is 0 Å². The molecule has 0 unspecified atom stereocenters. The van der Waals surface area contributed by atoms with Crippen LogP contribution in [0, 0.1) is 11.2 Å². The third kappa shape index (κ3) is 2.39. The van der Waals surface area contributed by atoms with Gasteiger partial charge in [0.25, 0.3) is 0 Å². The van der Waals surface area contributed by atoms with Crippen LogP contribution >= 0.6 is 11.8 Å². The first kappa shape index (κ1) is 9.81. The van der Waals surface area contributed by atoms with E-state index in [1.54, 1.807) is 23.3 Å². The van der Waals surface area contributed by atoms with Crippen molar-refractivity contribution in [2.75, 3.05) is 6.26 Å². The monoisotopic (exact) mass is 215 g/mol. The van der Waals surface area contributed by atoms with Crippen molar-refractivity contribution >= 4 is 11.8 Å². The minimum Gasteiger partial charge on any atom is -0.262 e. The summed E-state index contributed by atoms with van der Waals surface area (Å²) in [6, 6.07) is 3.83. The summed E-state index contributed by atoms with van der Waals surface area (Å²) in [5, 5.41) is 7.13. The van der Waals surface area contributed by atoms with Gasteiger partial charge < -0.3 is 0 Å². The van der Waals surface area contributed by atoms with Crippen LogP contribution in [0.25, 0.3) is 5.69 Å². The Balaban J connectivity index is 2.28. The lowest BCUT2D eigenvalue weighted by atomic mass is 10.4. The average molecular weight is 215 g/mol. The molecule has 0 atom stereocenters. The molecule has 2 heterocycles. The smallest absolute Gasteiger partial charge is 0.0829 e. The Morgan fingerprint density at radius 1 is 1.40 bits per heavy atom. The van der Waals surface area contributed by atoms with Crippen molar-refractivity contribution in [3.8, 4) is 16.9 Å². The van der Waals surface area contributed by atoms with Crippen molar-refractivity contribution in [1.82, 2.24) is 14.8 Å². The lowest BCUT2D eigenvalue weighted by Gasteiger charge is -1.97. The molecule has 0 saturated carbocycles. The Kier molecular flexibility index (Phi) is 3.05. The average Bonchev–Trinajstić information content (AvgIpc) is 2.76. The molecule has 0 spiro atoms. The highest BCUT2D eigenvalue weighted by Gasteiger charge is 1.97. The molecule has 0 bridgehead atoms. The second kappa shape index (κ2) is 4.67. The van der Waals surface area contributed by atoms with Crippen LogP contribution in [0.4, 0.5) is 0 Å². The number of rotatable bonds is 1. The fourth-order valence-electron chi connectivity index (χ4n) is 1.13. The molecule has 0 aliphatic carbocycles. The van der Waals surface area contributed by atoms with Gasteiger partial charge in [-0.05, 0) is 23.6 Å². The number of hydrogen-bond acceptors (Lipinski definition) is 3. The Hall–Kier alpha value is -1.73. The quantitative estimate of drug-likeness (QED) is 0.681. The van der Waals surface area contributed by atoms with Crippen molar-refractivity contribution in [1.29, 1.82) is 0 Å². The van der Waals surface area contributed by atoms with Gasteiger partial charge in [-0.2, -0.15) is 5.10 Å². The third-order valence-corrected chi connectivity index (χ3v) is 2.10. The van der Waals surface area contributed by atoms with Gasteiger partial charge in [0, 0.05) is 12.4 Å². The molecule has 4 heteroatoms. The van der Waals surface area contributed by atoms with Gasteiger partial charge in [-0.15, -0.1) is 0 Å². The van der Waals surface area contributed by atoms with E-state index in [2.05, 4.69) is 21.3 Å². The maximum absolute atomic E-state index is 4.20. The van der Waals surface area contributed by atoms with Gasteiger partial charge in [0.2, 0.25) is 0 Å². The van der Waals surface area contributed by atoms with E-state index in [-0.39, 0.29) is 0 Å². The number of pyridine rings is 1. The van der Waals surface area contributed by atoms with Gasteiger partial charge in [0.05, 0.1) is 23.6 Å². The molecule has 15 heavy (non-hydrogen) atoms. The molecule has 2 aromatic heterocycles. The maximum atomic E-state index is 4.20. The highest BCUT2D eigenvalue weighted by molar-refractivity contribution is 8.03. The van der Waals surface area contributed by atoms with E-state index < -0.39 is 0 Å². The summed E-state index contributed by atoms with van der Waals surface area (Å²) in [4.78, 5) is 4.03. The number of hydrogen-bond donors (Lipinski definition) is 0. The second-order valence-corrected chi connectivity index (χ2v) is 3.43. The van der Waals surface area contributed by atoms with Crippen LogP contribution < -0.4 is 0 Å². The largest absolute Gasteiger partial charge is 0.262 e. The third-order valence-electron chi connectivity index (χ3n) is 1.79. The van der Waals surface area contributed by atoms with Gasteiger partial charge >= 0.3 is 0 Å². The normalized spacial score (nSPS) is 9.40. The maximum Gasteiger partial charge on any atom is 0.0829 e. The first-order valence-corrected chi connectivity index (χ1v) is 5.61. The Morgan fingerprint density at radius 2 is 2.33 bits per heavy atom. The molecule has 0 amide bonds. The fourth-order valence-corrected chi connectivity index (χ4v) is 1.35. The standard InChI is InChI=1S/C11H9N3S/c1-15-6-4-10-7-13-14(9-10)11-3-2-5-12-8-11/h2-3,5,7-9H,1H3. The molecule has 3 nitrogen and oxygen atoms in total. The topological polar surface area (TPSA) is 30.7 Å². The van der Waals surface area contributed by atoms with Gasteiger partial charge in [-0.25, -0.2) is 4.68 Å². The fraction of sp³-hybridized carbons (Fsp3) is 0.0909. The van der Waals surface area contributed by atoms with Crippen molar-refractivity contribution in [2.24, 2.45) is 0 Å². The van der Waals surface area contributed by atoms with Crippen molar-refractivity contribution in [2.45, 2.75) is 0 Å². The second-order valence-electron chi connectivity index (χ2n) is 2.82. The minimum atomic E-state index is 0.910. The molecule has 0 N–H and O–H groups in total. The molecule has 0 radical (unpaired) electrons. The summed E-state index contributed by atoms with van der Waals surface area (Å²) in [6.07, 6.45) is 9.08. The van der Waals surface area contributed by atoms with E-state index in [0.29, 0.717) is 0 Å². The van der Waals surface area contributed by atoms with Crippen LogP contribution in [0.3, 0.4) is 0 Å². The van der Waals surface area contributed by atoms with Gasteiger partial charge in [0.1, 0.15) is 0 Å². The Labute approximate surface area is 92.5 Å². The number of nitrogens with zero attached hydrogens (tertiary/aromatic N) is 3. The molecule has 0 saturated heterocycles. The molecular formula is C11H9N3S. The zero-order chi connectivity index (χ0) is 10.5. The predicted octanol–water partition coefficient (Wildman–Crippen LogP) is 1.94. The first-order chi connectivity index (χ1) is 7.40. The van der Waals surface area contributed by atoms with E-state index in [1.807, 2.05) is 24.6 Å². The van der Waals surface area contributed by atoms with Gasteiger partial charge in [-0.3, -0.25) is 4.98 Å². The molecule has 2 aromatic rings. The van der Waals surface area contributed by atoms with Crippen molar-refractivity contribution in [3.05, 3.63) is 42.5 Å². The van der Waals surface area contributed by atoms with Crippen LogP contribution in [-0.4, -0.2) is 21.0 Å². The summed E-state index contributed by atoms with van der Waals surface area (Å²) in [6.45, 7) is 0. The van der Waals surface area contributed by atoms with Crippen molar-refractivity contribution in [3.63, 3.8) is 0 Å². The SMILES string of the molecule is CSC#Cc1cnn(-c2cccnc2)c1. The molecule has 0 aromatic carbocycles. The van der Waals surface area contributed by atoms with E-state index >= 15 is 0 Å². The van der Waals surface area contributed by atoms with E-state index in [0.717, 1.165) is 11.3 Å². The van der Waals surface area contributed by atoms with Crippen LogP contribution in [-0.2, 0) is 0 Å². The zero-order valence-corrected chi connectivity index (χ0v) is 9.03. The molecule has 0 aliphatic rings. The summed E-state index contributed by atoms with van der Waals surface area (Å²) >= 11 is 1.49. The molecule has 2 rings (SSSR count). The van der Waals surface area contributed by atoms with Crippen LogP contribution in [0.1, 0.15) is 5.56 Å². The lowest BCUT2D eigenvalue weighted by Crippen LogP contribution is -1.93.